The van der Waals surface area contributed by atoms with E-state index >= 15 is 0 Å². The number of hydrogen-bond donors (Lipinski definition) is 1. The van der Waals surface area contributed by atoms with Crippen molar-refractivity contribution in [3.8, 4) is 0 Å². The zero-order valence-corrected chi connectivity index (χ0v) is 48.7. The van der Waals surface area contributed by atoms with E-state index in [9.17, 15) is 14.7 Å². The Hall–Kier alpha value is -1.66. The second-order valence-corrected chi connectivity index (χ2v) is 27.9. The number of esters is 1. The molecule has 3 saturated carbocycles. The molecule has 0 amide bonds. The first-order valence-electron chi connectivity index (χ1n) is 31.0. The Morgan fingerprint density at radius 3 is 1.13 bits per heavy atom. The Kier molecular flexibility index (Phi) is 16.1. The summed E-state index contributed by atoms with van der Waals surface area (Å²) in [6.07, 6.45) is 10.4. The molecular formula is C60H94O19. The normalized spacial score (nSPS) is 50.9. The van der Waals surface area contributed by atoms with Crippen molar-refractivity contribution in [1.82, 2.24) is 0 Å². The Balaban J connectivity index is 0.750. The summed E-state index contributed by atoms with van der Waals surface area (Å²) in [7, 11) is 0. The highest BCUT2D eigenvalue weighted by molar-refractivity contribution is 5.76. The number of rotatable bonds is 20. The van der Waals surface area contributed by atoms with Crippen molar-refractivity contribution in [3.63, 3.8) is 0 Å². The summed E-state index contributed by atoms with van der Waals surface area (Å²) in [5.41, 5.74) is -2.98. The number of fused-ring (bicyclic) bond motifs is 6. The van der Waals surface area contributed by atoms with E-state index in [-0.39, 0.29) is 111 Å². The number of aliphatic carboxylic acids is 1. The summed E-state index contributed by atoms with van der Waals surface area (Å²) in [4.78, 5) is 62.5. The number of carboxylic acid groups (broad SMARTS) is 1. The summed E-state index contributed by atoms with van der Waals surface area (Å²) in [5.74, 6) is -1.19. The van der Waals surface area contributed by atoms with Crippen LogP contribution in [0.3, 0.4) is 0 Å². The van der Waals surface area contributed by atoms with Crippen LogP contribution in [0.4, 0.5) is 0 Å². The van der Waals surface area contributed by atoms with Gasteiger partial charge in [-0.1, -0.05) is 41.5 Å². The van der Waals surface area contributed by atoms with Gasteiger partial charge in [-0.05, 0) is 151 Å². The van der Waals surface area contributed by atoms with Crippen molar-refractivity contribution in [3.05, 3.63) is 0 Å². The summed E-state index contributed by atoms with van der Waals surface area (Å²) in [5, 5.41) is 9.48. The van der Waals surface area contributed by atoms with Crippen LogP contribution in [0.2, 0.25) is 0 Å². The molecule has 15 rings (SSSR count). The van der Waals surface area contributed by atoms with E-state index in [4.69, 9.17) is 76.7 Å². The first-order valence-corrected chi connectivity index (χ1v) is 31.0. The summed E-state index contributed by atoms with van der Waals surface area (Å²) < 4.78 is 67.1. The van der Waals surface area contributed by atoms with Gasteiger partial charge in [0.15, 0.2) is 35.7 Å². The molecule has 12 heterocycles. The van der Waals surface area contributed by atoms with Crippen molar-refractivity contribution < 1.29 is 91.4 Å². The van der Waals surface area contributed by atoms with E-state index in [2.05, 4.69) is 41.5 Å². The fourth-order valence-corrected chi connectivity index (χ4v) is 18.2. The van der Waals surface area contributed by atoms with Gasteiger partial charge in [-0.3, -0.25) is 9.59 Å². The zero-order valence-electron chi connectivity index (χ0n) is 48.7. The van der Waals surface area contributed by atoms with Gasteiger partial charge in [-0.2, -0.15) is 0 Å². The highest BCUT2D eigenvalue weighted by Gasteiger charge is 2.72. The number of hydrogen-bond acceptors (Lipinski definition) is 18. The average Bonchev–Trinajstić information content (AvgIpc) is 3.28. The monoisotopic (exact) mass is 1120 g/mol. The molecule has 6 bridgehead atoms. The molecule has 19 nitrogen and oxygen atoms in total. The van der Waals surface area contributed by atoms with E-state index in [0.717, 1.165) is 77.0 Å². The lowest BCUT2D eigenvalue weighted by molar-refractivity contribution is -0.571. The minimum absolute atomic E-state index is 0.115. The van der Waals surface area contributed by atoms with Gasteiger partial charge in [0, 0.05) is 56.8 Å². The van der Waals surface area contributed by atoms with Crippen molar-refractivity contribution in [2.45, 2.75) is 243 Å². The molecule has 15 fully saturated rings. The van der Waals surface area contributed by atoms with Crippen LogP contribution >= 0.6 is 0 Å². The molecule has 0 aromatic rings. The van der Waals surface area contributed by atoms with E-state index in [1.165, 1.54) is 0 Å². The maximum absolute atomic E-state index is 13.3. The lowest BCUT2D eigenvalue weighted by atomic mass is 9.57. The standard InChI is InChI=1S/C60H94O19/c1-34-10-13-43-37(4)46(68-51-58(43)40(34)18-24-54(7,71-51)74-77-58)21-27-64-30-57(33-67-50(63)17-16-49(61)62,31-65-28-22-47-38(5)44-14-11-35(2)41-19-25-55(8)72-52(69-47)59(41,44)78-75-55)32-66-29-23-48-39(6)45-15-12-36(3)42-20-26-56(9)73-53(70-48)60(42,45)79-76-56/h34-48,51-53H,10-33H2,1-9H3,(H,61,62)/t34-,35-,36-,37-,38-,39-,40+,41+,42+,43+,44+,45+,46?,47?,48?,51-,52-,53-,54?,55?,56?,57?,58-,59-,60-/m1/s1. The molecular weight excluding hydrogens is 1020 g/mol. The maximum atomic E-state index is 13.3. The highest BCUT2D eigenvalue weighted by Crippen LogP contribution is 2.64. The number of carboxylic acids is 1. The molecule has 0 aromatic heterocycles. The SMILES string of the molecule is C[C@@H]1CC[C@H]2[C@@H](C)C(CCOCC(COCCC3O[C@@H]4OC5(C)CC[C@H]6[C@H](C)CC[C@@H]([C@H]3C)[C@@]46OO5)(COCCC3O[C@@H]4OC5(C)CC[C@H]6[C@H](C)CC[C@@H]([C@H]3C)[C@@]46OO5)COC(=O)CCC(=O)O)O[C@@H]3OC4(C)CC[C@@H]1[C@]32OO4. The molecule has 1 N–H and O–H groups in total. The third kappa shape index (κ3) is 10.1. The molecule has 12 saturated heterocycles. The largest absolute Gasteiger partial charge is 0.481 e. The van der Waals surface area contributed by atoms with Gasteiger partial charge in [-0.15, -0.1) is 0 Å². The Labute approximate surface area is 467 Å². The number of ether oxygens (including phenoxy) is 10. The van der Waals surface area contributed by atoms with Crippen LogP contribution < -0.4 is 0 Å². The van der Waals surface area contributed by atoms with Crippen molar-refractivity contribution in [2.24, 2.45) is 76.4 Å². The number of carbonyl (C=O) groups is 2. The van der Waals surface area contributed by atoms with Gasteiger partial charge in [0.1, 0.15) is 6.61 Å². The quantitative estimate of drug-likeness (QED) is 0.0685. The molecule has 448 valence electrons. The summed E-state index contributed by atoms with van der Waals surface area (Å²) in [6, 6.07) is 0. The first-order chi connectivity index (χ1) is 37.7. The van der Waals surface area contributed by atoms with Crippen LogP contribution in [-0.4, -0.2) is 135 Å². The van der Waals surface area contributed by atoms with Gasteiger partial charge >= 0.3 is 11.9 Å². The lowest BCUT2D eigenvalue weighted by Gasteiger charge is -2.60. The minimum atomic E-state index is -1.07. The minimum Gasteiger partial charge on any atom is -0.481 e. The van der Waals surface area contributed by atoms with Crippen molar-refractivity contribution >= 4 is 11.9 Å². The van der Waals surface area contributed by atoms with Gasteiger partial charge in [0.25, 0.3) is 0 Å². The second-order valence-electron chi connectivity index (χ2n) is 27.9. The fourth-order valence-electron chi connectivity index (χ4n) is 18.2. The van der Waals surface area contributed by atoms with Gasteiger partial charge in [-0.25, -0.2) is 29.3 Å². The molecule has 0 radical (unpaired) electrons. The highest BCUT2D eigenvalue weighted by atomic mass is 17.3. The van der Waals surface area contributed by atoms with Crippen LogP contribution in [0.25, 0.3) is 0 Å². The summed E-state index contributed by atoms with van der Waals surface area (Å²) >= 11 is 0. The molecule has 19 heteroatoms. The van der Waals surface area contributed by atoms with E-state index in [0.29, 0.717) is 56.8 Å². The molecule has 15 aliphatic rings. The number of carbonyl (C=O) groups excluding carboxylic acids is 1. The topological polar surface area (TPSA) is 202 Å². The predicted molar refractivity (Wildman–Crippen MR) is 277 cm³/mol. The Morgan fingerprint density at radius 1 is 0.456 bits per heavy atom. The van der Waals surface area contributed by atoms with Crippen LogP contribution in [0.1, 0.15) is 171 Å². The third-order valence-corrected chi connectivity index (χ3v) is 22.8. The lowest BCUT2D eigenvalue weighted by Crippen LogP contribution is -2.70. The van der Waals surface area contributed by atoms with Crippen molar-refractivity contribution in [2.75, 3.05) is 46.2 Å². The van der Waals surface area contributed by atoms with Crippen LogP contribution in [0.15, 0.2) is 0 Å². The van der Waals surface area contributed by atoms with Crippen LogP contribution in [0.5, 0.6) is 0 Å². The predicted octanol–water partition coefficient (Wildman–Crippen LogP) is 9.35. The molecule has 3 aliphatic carbocycles. The van der Waals surface area contributed by atoms with Crippen LogP contribution in [-0.2, 0) is 86.3 Å². The van der Waals surface area contributed by atoms with Crippen LogP contribution in [0, 0.1) is 76.4 Å². The third-order valence-electron chi connectivity index (χ3n) is 22.8. The fraction of sp³-hybridized carbons (Fsp3) is 0.967. The molecule has 3 spiro atoms. The second kappa shape index (κ2) is 22.0. The smallest absolute Gasteiger partial charge is 0.306 e. The Bertz CT molecular complexity index is 1980. The van der Waals surface area contributed by atoms with E-state index < -0.39 is 70.4 Å². The van der Waals surface area contributed by atoms with E-state index in [1.54, 1.807) is 0 Å². The Morgan fingerprint density at radius 2 is 0.797 bits per heavy atom. The molecule has 12 aliphatic heterocycles. The molecule has 24 atom stereocenters. The van der Waals surface area contributed by atoms with Crippen molar-refractivity contribution in [1.29, 1.82) is 0 Å². The average molecular weight is 1120 g/mol. The zero-order chi connectivity index (χ0) is 55.3. The summed E-state index contributed by atoms with van der Waals surface area (Å²) in [6.45, 7) is 20.9. The van der Waals surface area contributed by atoms with Gasteiger partial charge in [0.2, 0.25) is 17.4 Å². The maximum Gasteiger partial charge on any atom is 0.306 e. The first kappa shape index (κ1) is 57.8. The van der Waals surface area contributed by atoms with E-state index in [1.807, 2.05) is 20.8 Å². The molecule has 6 unspecified atom stereocenters. The van der Waals surface area contributed by atoms with Gasteiger partial charge in [0.05, 0.1) is 56.4 Å². The van der Waals surface area contributed by atoms with Gasteiger partial charge < -0.3 is 52.5 Å². The molecule has 79 heavy (non-hydrogen) atoms. The molecule has 0 aromatic carbocycles.